The van der Waals surface area contributed by atoms with E-state index in [1.54, 1.807) is 11.9 Å². The van der Waals surface area contributed by atoms with E-state index in [1.165, 1.54) is 0 Å². The fourth-order valence-electron chi connectivity index (χ4n) is 3.32. The Morgan fingerprint density at radius 1 is 1.19 bits per heavy atom. The van der Waals surface area contributed by atoms with Crippen molar-refractivity contribution in [3.8, 4) is 0 Å². The van der Waals surface area contributed by atoms with E-state index in [9.17, 15) is 9.59 Å². The Morgan fingerprint density at radius 3 is 2.48 bits per heavy atom. The zero-order valence-electron chi connectivity index (χ0n) is 17.3. The molecule has 0 bridgehead atoms. The molecule has 1 atom stereocenters. The van der Waals surface area contributed by atoms with E-state index in [2.05, 4.69) is 0 Å². The van der Waals surface area contributed by atoms with Gasteiger partial charge in [0, 0.05) is 39.4 Å². The molecule has 1 aliphatic heterocycles. The molecule has 0 spiro atoms. The monoisotopic (exact) mass is 375 g/mol. The molecule has 1 unspecified atom stereocenters. The number of rotatable bonds is 5. The van der Waals surface area contributed by atoms with E-state index in [4.69, 9.17) is 4.74 Å². The number of piperidine rings is 1. The van der Waals surface area contributed by atoms with E-state index in [1.807, 2.05) is 68.0 Å². The minimum atomic E-state index is -0.498. The Hall–Kier alpha value is -2.24. The quantitative estimate of drug-likeness (QED) is 0.793. The van der Waals surface area contributed by atoms with Crippen LogP contribution in [0.25, 0.3) is 0 Å². The topological polar surface area (TPSA) is 53.1 Å². The zero-order chi connectivity index (χ0) is 20.0. The van der Waals surface area contributed by atoms with Gasteiger partial charge in [-0.3, -0.25) is 4.79 Å². The van der Waals surface area contributed by atoms with Gasteiger partial charge in [-0.1, -0.05) is 18.2 Å². The van der Waals surface area contributed by atoms with Gasteiger partial charge >= 0.3 is 6.09 Å². The molecule has 1 fully saturated rings. The lowest BCUT2D eigenvalue weighted by molar-refractivity contribution is -0.131. The molecule has 0 aromatic heterocycles. The van der Waals surface area contributed by atoms with Gasteiger partial charge in [0.2, 0.25) is 5.91 Å². The van der Waals surface area contributed by atoms with E-state index in [0.717, 1.165) is 25.1 Å². The van der Waals surface area contributed by atoms with Crippen molar-refractivity contribution in [3.63, 3.8) is 0 Å². The SMILES string of the molecule is CN(CC1CCCN(C(=O)CN(C)c2ccccc2)C1)C(=O)OC(C)(C)C. The Balaban J connectivity index is 1.86. The van der Waals surface area contributed by atoms with E-state index >= 15 is 0 Å². The Labute approximate surface area is 163 Å². The molecule has 0 aliphatic carbocycles. The molecule has 6 nitrogen and oxygen atoms in total. The van der Waals surface area contributed by atoms with Gasteiger partial charge in [-0.05, 0) is 51.7 Å². The highest BCUT2D eigenvalue weighted by Crippen LogP contribution is 2.19. The number of likely N-dealkylation sites (N-methyl/N-ethyl adjacent to an activating group) is 1. The Kier molecular flexibility index (Phi) is 7.11. The highest BCUT2D eigenvalue weighted by atomic mass is 16.6. The van der Waals surface area contributed by atoms with Crippen molar-refractivity contribution in [3.05, 3.63) is 30.3 Å². The average Bonchev–Trinajstić information content (AvgIpc) is 2.61. The Bertz CT molecular complexity index is 627. The van der Waals surface area contributed by atoms with Crippen LogP contribution < -0.4 is 4.90 Å². The molecular formula is C21H33N3O3. The van der Waals surface area contributed by atoms with Crippen LogP contribution >= 0.6 is 0 Å². The lowest BCUT2D eigenvalue weighted by atomic mass is 9.97. The first-order valence-corrected chi connectivity index (χ1v) is 9.64. The number of likely N-dealkylation sites (tertiary alicyclic amines) is 1. The summed E-state index contributed by atoms with van der Waals surface area (Å²) >= 11 is 0. The predicted octanol–water partition coefficient (Wildman–Crippen LogP) is 3.23. The summed E-state index contributed by atoms with van der Waals surface area (Å²) in [6.07, 6.45) is 1.67. The van der Waals surface area contributed by atoms with Gasteiger partial charge in [0.05, 0.1) is 6.54 Å². The number of anilines is 1. The van der Waals surface area contributed by atoms with Crippen LogP contribution in [0.4, 0.5) is 10.5 Å². The second-order valence-electron chi connectivity index (χ2n) is 8.40. The first-order chi connectivity index (χ1) is 12.7. The van der Waals surface area contributed by atoms with Crippen molar-refractivity contribution in [2.24, 2.45) is 5.92 Å². The molecule has 0 saturated carbocycles. The van der Waals surface area contributed by atoms with Crippen LogP contribution in [-0.2, 0) is 9.53 Å². The molecule has 1 aliphatic rings. The van der Waals surface area contributed by atoms with Crippen molar-refractivity contribution in [1.82, 2.24) is 9.80 Å². The molecule has 6 heteroatoms. The first-order valence-electron chi connectivity index (χ1n) is 9.64. The minimum Gasteiger partial charge on any atom is -0.444 e. The van der Waals surface area contributed by atoms with Gasteiger partial charge < -0.3 is 19.4 Å². The van der Waals surface area contributed by atoms with Crippen molar-refractivity contribution in [1.29, 1.82) is 0 Å². The number of nitrogens with zero attached hydrogens (tertiary/aromatic N) is 3. The number of carbonyl (C=O) groups is 2. The van der Waals surface area contributed by atoms with E-state index in [-0.39, 0.29) is 17.9 Å². The van der Waals surface area contributed by atoms with E-state index in [0.29, 0.717) is 19.6 Å². The van der Waals surface area contributed by atoms with Crippen LogP contribution in [0.1, 0.15) is 33.6 Å². The lowest BCUT2D eigenvalue weighted by Gasteiger charge is -2.36. The second-order valence-corrected chi connectivity index (χ2v) is 8.40. The van der Waals surface area contributed by atoms with Crippen molar-refractivity contribution in [2.75, 3.05) is 45.2 Å². The summed E-state index contributed by atoms with van der Waals surface area (Å²) in [5.41, 5.74) is 0.533. The molecular weight excluding hydrogens is 342 g/mol. The summed E-state index contributed by atoms with van der Waals surface area (Å²) in [6, 6.07) is 9.92. The van der Waals surface area contributed by atoms with Crippen molar-refractivity contribution in [2.45, 2.75) is 39.2 Å². The maximum Gasteiger partial charge on any atom is 0.410 e. The summed E-state index contributed by atoms with van der Waals surface area (Å²) in [5, 5.41) is 0. The standard InChI is InChI=1S/C21H33N3O3/c1-21(2,3)27-20(26)23(5)14-17-10-9-13-24(15-17)19(25)16-22(4)18-11-7-6-8-12-18/h6-8,11-12,17H,9-10,13-16H2,1-5H3. The van der Waals surface area contributed by atoms with Crippen LogP contribution in [0, 0.1) is 5.92 Å². The van der Waals surface area contributed by atoms with E-state index < -0.39 is 5.60 Å². The molecule has 1 aromatic rings. The molecule has 1 heterocycles. The van der Waals surface area contributed by atoms with Crippen LogP contribution in [0.2, 0.25) is 0 Å². The predicted molar refractivity (Wildman–Crippen MR) is 108 cm³/mol. The van der Waals surface area contributed by atoms with Crippen molar-refractivity contribution >= 4 is 17.7 Å². The molecule has 1 saturated heterocycles. The van der Waals surface area contributed by atoms with Gasteiger partial charge in [0.25, 0.3) is 0 Å². The Morgan fingerprint density at radius 2 is 1.85 bits per heavy atom. The van der Waals surface area contributed by atoms with Gasteiger partial charge in [-0.15, -0.1) is 0 Å². The number of amides is 2. The number of para-hydroxylation sites is 1. The molecule has 1 aromatic carbocycles. The largest absolute Gasteiger partial charge is 0.444 e. The molecule has 2 amide bonds. The third kappa shape index (κ3) is 6.77. The average molecular weight is 376 g/mol. The fourth-order valence-corrected chi connectivity index (χ4v) is 3.32. The van der Waals surface area contributed by atoms with Crippen LogP contribution in [0.5, 0.6) is 0 Å². The highest BCUT2D eigenvalue weighted by molar-refractivity contribution is 5.81. The number of carbonyl (C=O) groups excluding carboxylic acids is 2. The van der Waals surface area contributed by atoms with Gasteiger partial charge in [-0.25, -0.2) is 4.79 Å². The smallest absolute Gasteiger partial charge is 0.410 e. The maximum absolute atomic E-state index is 12.7. The fraction of sp³-hybridized carbons (Fsp3) is 0.619. The summed E-state index contributed by atoms with van der Waals surface area (Å²) in [7, 11) is 3.70. The molecule has 2 rings (SSSR count). The molecule has 27 heavy (non-hydrogen) atoms. The first kappa shape index (κ1) is 21.1. The minimum absolute atomic E-state index is 0.131. The molecule has 150 valence electrons. The normalized spacial score (nSPS) is 17.4. The van der Waals surface area contributed by atoms with Crippen LogP contribution in [0.3, 0.4) is 0 Å². The van der Waals surface area contributed by atoms with Crippen molar-refractivity contribution < 1.29 is 14.3 Å². The maximum atomic E-state index is 12.7. The summed E-state index contributed by atoms with van der Waals surface area (Å²) in [5.74, 6) is 0.410. The van der Waals surface area contributed by atoms with Crippen LogP contribution in [-0.4, -0.2) is 67.7 Å². The third-order valence-corrected chi connectivity index (χ3v) is 4.68. The number of benzene rings is 1. The zero-order valence-corrected chi connectivity index (χ0v) is 17.3. The summed E-state index contributed by atoms with van der Waals surface area (Å²) < 4.78 is 5.42. The lowest BCUT2D eigenvalue weighted by Crippen LogP contribution is -2.47. The van der Waals surface area contributed by atoms with Gasteiger partial charge in [0.15, 0.2) is 0 Å². The third-order valence-electron chi connectivity index (χ3n) is 4.68. The molecule has 0 N–H and O–H groups in total. The number of hydrogen-bond donors (Lipinski definition) is 0. The number of hydrogen-bond acceptors (Lipinski definition) is 4. The summed E-state index contributed by atoms with van der Waals surface area (Å²) in [6.45, 7) is 8.03. The second kappa shape index (κ2) is 9.11. The number of ether oxygens (including phenoxy) is 1. The van der Waals surface area contributed by atoms with Gasteiger partial charge in [-0.2, -0.15) is 0 Å². The highest BCUT2D eigenvalue weighted by Gasteiger charge is 2.27. The summed E-state index contributed by atoms with van der Waals surface area (Å²) in [4.78, 5) is 30.4. The van der Waals surface area contributed by atoms with Gasteiger partial charge in [0.1, 0.15) is 5.60 Å². The molecule has 0 radical (unpaired) electrons. The van der Waals surface area contributed by atoms with Crippen LogP contribution in [0.15, 0.2) is 30.3 Å².